The number of amides is 2. The van der Waals surface area contributed by atoms with Crippen LogP contribution in [0.5, 0.6) is 0 Å². The standard InChI is InChI=1S/C23H31N3O4/c1-29-13-4-11-26-22(28)9-12-25(16-23(26)10-14-30-17-23)21(27)8-7-18-15-24-20-6-3-2-5-19(18)20/h2-3,5-6,15,24H,4,7-14,16-17H2,1H3. The number of nitrogens with zero attached hydrogens (tertiary/aromatic N) is 2. The molecule has 2 saturated heterocycles. The van der Waals surface area contributed by atoms with Crippen molar-refractivity contribution in [3.8, 4) is 0 Å². The predicted octanol–water partition coefficient (Wildman–Crippen LogP) is 2.36. The molecule has 2 fully saturated rings. The first-order valence-corrected chi connectivity index (χ1v) is 10.8. The van der Waals surface area contributed by atoms with Gasteiger partial charge in [-0.25, -0.2) is 0 Å². The van der Waals surface area contributed by atoms with E-state index < -0.39 is 5.54 Å². The Balaban J connectivity index is 1.44. The number of carbonyl (C=O) groups is 2. The quantitative estimate of drug-likeness (QED) is 0.707. The number of hydrogen-bond donors (Lipinski definition) is 1. The Morgan fingerprint density at radius 2 is 2.20 bits per heavy atom. The summed E-state index contributed by atoms with van der Waals surface area (Å²) in [5.74, 6) is 0.224. The van der Waals surface area contributed by atoms with Gasteiger partial charge in [-0.1, -0.05) is 18.2 Å². The summed E-state index contributed by atoms with van der Waals surface area (Å²) in [7, 11) is 1.67. The van der Waals surface area contributed by atoms with Crippen molar-refractivity contribution in [2.45, 2.75) is 37.6 Å². The number of carbonyl (C=O) groups excluding carboxylic acids is 2. The fraction of sp³-hybridized carbons (Fsp3) is 0.565. The number of methoxy groups -OCH3 is 1. The summed E-state index contributed by atoms with van der Waals surface area (Å²) < 4.78 is 10.9. The minimum absolute atomic E-state index is 0.109. The largest absolute Gasteiger partial charge is 0.385 e. The Kier molecular flexibility index (Phi) is 6.39. The second-order valence-electron chi connectivity index (χ2n) is 8.34. The van der Waals surface area contributed by atoms with E-state index in [1.165, 1.54) is 5.39 Å². The van der Waals surface area contributed by atoms with E-state index in [-0.39, 0.29) is 11.8 Å². The average Bonchev–Trinajstić information content (AvgIpc) is 3.36. The number of aromatic nitrogens is 1. The zero-order chi connectivity index (χ0) is 21.0. The number of H-pyrrole nitrogens is 1. The number of aryl methyl sites for hydroxylation is 1. The summed E-state index contributed by atoms with van der Waals surface area (Å²) in [5.41, 5.74) is 1.84. The second-order valence-corrected chi connectivity index (χ2v) is 8.34. The molecular formula is C23H31N3O4. The van der Waals surface area contributed by atoms with Gasteiger partial charge < -0.3 is 24.3 Å². The van der Waals surface area contributed by atoms with Gasteiger partial charge >= 0.3 is 0 Å². The molecular weight excluding hydrogens is 382 g/mol. The van der Waals surface area contributed by atoms with Gasteiger partial charge in [0.05, 0.1) is 12.1 Å². The van der Waals surface area contributed by atoms with Gasteiger partial charge in [0.25, 0.3) is 0 Å². The normalized spacial score (nSPS) is 22.2. The number of nitrogens with one attached hydrogen (secondary N) is 1. The zero-order valence-electron chi connectivity index (χ0n) is 17.7. The fourth-order valence-electron chi connectivity index (χ4n) is 4.76. The molecule has 1 atom stereocenters. The van der Waals surface area contributed by atoms with E-state index in [1.807, 2.05) is 34.2 Å². The van der Waals surface area contributed by atoms with Crippen LogP contribution in [0.25, 0.3) is 10.9 Å². The first-order chi connectivity index (χ1) is 14.6. The van der Waals surface area contributed by atoms with Crippen molar-refractivity contribution >= 4 is 22.7 Å². The highest BCUT2D eigenvalue weighted by Crippen LogP contribution is 2.31. The van der Waals surface area contributed by atoms with Crippen LogP contribution in [0, 0.1) is 0 Å². The van der Waals surface area contributed by atoms with Crippen molar-refractivity contribution in [3.05, 3.63) is 36.0 Å². The maximum Gasteiger partial charge on any atom is 0.224 e. The smallest absolute Gasteiger partial charge is 0.224 e. The minimum Gasteiger partial charge on any atom is -0.385 e. The Hall–Kier alpha value is -2.38. The highest BCUT2D eigenvalue weighted by molar-refractivity contribution is 5.85. The van der Waals surface area contributed by atoms with E-state index in [0.717, 1.165) is 23.9 Å². The molecule has 2 amide bonds. The van der Waals surface area contributed by atoms with Crippen LogP contribution in [-0.4, -0.2) is 78.7 Å². The van der Waals surface area contributed by atoms with Crippen molar-refractivity contribution in [2.24, 2.45) is 0 Å². The van der Waals surface area contributed by atoms with Gasteiger partial charge in [0.1, 0.15) is 0 Å². The molecule has 162 valence electrons. The Morgan fingerprint density at radius 3 is 3.00 bits per heavy atom. The molecule has 7 heteroatoms. The topological polar surface area (TPSA) is 74.9 Å². The van der Waals surface area contributed by atoms with E-state index >= 15 is 0 Å². The third-order valence-corrected chi connectivity index (χ3v) is 6.40. The van der Waals surface area contributed by atoms with Crippen LogP contribution < -0.4 is 0 Å². The molecule has 7 nitrogen and oxygen atoms in total. The molecule has 30 heavy (non-hydrogen) atoms. The summed E-state index contributed by atoms with van der Waals surface area (Å²) in [6.07, 6.45) is 5.06. The fourth-order valence-corrected chi connectivity index (χ4v) is 4.76. The maximum atomic E-state index is 13.1. The lowest BCUT2D eigenvalue weighted by Gasteiger charge is -2.40. The van der Waals surface area contributed by atoms with Crippen molar-refractivity contribution in [3.63, 3.8) is 0 Å². The second kappa shape index (κ2) is 9.18. The van der Waals surface area contributed by atoms with E-state index in [0.29, 0.717) is 58.7 Å². The van der Waals surface area contributed by atoms with Crippen LogP contribution >= 0.6 is 0 Å². The molecule has 3 heterocycles. The molecule has 4 rings (SSSR count). The van der Waals surface area contributed by atoms with Crippen LogP contribution in [-0.2, 0) is 25.5 Å². The van der Waals surface area contributed by atoms with Gasteiger partial charge in [-0.15, -0.1) is 0 Å². The number of aromatic amines is 1. The van der Waals surface area contributed by atoms with Crippen molar-refractivity contribution in [1.82, 2.24) is 14.8 Å². The Labute approximate surface area is 177 Å². The van der Waals surface area contributed by atoms with Gasteiger partial charge in [-0.05, 0) is 30.9 Å². The van der Waals surface area contributed by atoms with E-state index in [1.54, 1.807) is 7.11 Å². The van der Waals surface area contributed by atoms with Gasteiger partial charge in [0, 0.05) is 69.9 Å². The van der Waals surface area contributed by atoms with Crippen molar-refractivity contribution < 1.29 is 19.1 Å². The first kappa shape index (κ1) is 20.9. The van der Waals surface area contributed by atoms with Gasteiger partial charge in [-0.2, -0.15) is 0 Å². The molecule has 1 spiro atoms. The van der Waals surface area contributed by atoms with Crippen LogP contribution in [0.2, 0.25) is 0 Å². The van der Waals surface area contributed by atoms with Crippen LogP contribution in [0.15, 0.2) is 30.5 Å². The third kappa shape index (κ3) is 4.23. The lowest BCUT2D eigenvalue weighted by Crippen LogP contribution is -2.57. The highest BCUT2D eigenvalue weighted by Gasteiger charge is 2.46. The van der Waals surface area contributed by atoms with Gasteiger partial charge in [0.2, 0.25) is 11.8 Å². The number of benzene rings is 1. The number of hydrogen-bond acceptors (Lipinski definition) is 4. The Bertz CT molecular complexity index is 887. The van der Waals surface area contributed by atoms with E-state index in [2.05, 4.69) is 11.1 Å². The number of rotatable bonds is 7. The highest BCUT2D eigenvalue weighted by atomic mass is 16.5. The Morgan fingerprint density at radius 1 is 1.33 bits per heavy atom. The molecule has 1 N–H and O–H groups in total. The first-order valence-electron chi connectivity index (χ1n) is 10.8. The minimum atomic E-state index is -0.405. The number of para-hydroxylation sites is 1. The molecule has 0 bridgehead atoms. The number of fused-ring (bicyclic) bond motifs is 1. The molecule has 0 radical (unpaired) electrons. The van der Waals surface area contributed by atoms with E-state index in [9.17, 15) is 9.59 Å². The molecule has 1 unspecified atom stereocenters. The van der Waals surface area contributed by atoms with Crippen molar-refractivity contribution in [2.75, 3.05) is 46.6 Å². The number of ether oxygens (including phenoxy) is 2. The van der Waals surface area contributed by atoms with Crippen LogP contribution in [0.3, 0.4) is 0 Å². The summed E-state index contributed by atoms with van der Waals surface area (Å²) in [6.45, 7) is 3.43. The summed E-state index contributed by atoms with van der Waals surface area (Å²) >= 11 is 0. The predicted molar refractivity (Wildman–Crippen MR) is 114 cm³/mol. The van der Waals surface area contributed by atoms with E-state index in [4.69, 9.17) is 9.47 Å². The van der Waals surface area contributed by atoms with Gasteiger partial charge in [0.15, 0.2) is 0 Å². The molecule has 2 aliphatic rings. The summed E-state index contributed by atoms with van der Waals surface area (Å²) in [6, 6.07) is 8.15. The monoisotopic (exact) mass is 413 g/mol. The molecule has 0 saturated carbocycles. The lowest BCUT2D eigenvalue weighted by molar-refractivity contribution is -0.138. The average molecular weight is 414 g/mol. The molecule has 1 aromatic heterocycles. The third-order valence-electron chi connectivity index (χ3n) is 6.40. The summed E-state index contributed by atoms with van der Waals surface area (Å²) in [4.78, 5) is 33.2. The molecule has 1 aromatic carbocycles. The zero-order valence-corrected chi connectivity index (χ0v) is 17.7. The van der Waals surface area contributed by atoms with Gasteiger partial charge in [-0.3, -0.25) is 9.59 Å². The SMILES string of the molecule is COCCCN1C(=O)CCN(C(=O)CCc2c[nH]c3ccccc23)CC12CCOC2. The van der Waals surface area contributed by atoms with Crippen molar-refractivity contribution in [1.29, 1.82) is 0 Å². The molecule has 2 aliphatic heterocycles. The molecule has 2 aromatic rings. The van der Waals surface area contributed by atoms with Crippen LogP contribution in [0.4, 0.5) is 0 Å². The summed E-state index contributed by atoms with van der Waals surface area (Å²) in [5, 5.41) is 1.17. The lowest BCUT2D eigenvalue weighted by atomic mass is 9.95. The molecule has 0 aliphatic carbocycles. The maximum absolute atomic E-state index is 13.1. The van der Waals surface area contributed by atoms with Crippen LogP contribution in [0.1, 0.15) is 31.2 Å².